The number of aryl methyl sites for hydroxylation is 1. The number of hydrogen-bond donors (Lipinski definition) is 1. The average Bonchev–Trinajstić information content (AvgIpc) is 3.22. The third-order valence-corrected chi connectivity index (χ3v) is 6.28. The van der Waals surface area contributed by atoms with Gasteiger partial charge in [0.05, 0.1) is 26.8 Å². The second kappa shape index (κ2) is 5.79. The third-order valence-electron chi connectivity index (χ3n) is 5.43. The van der Waals surface area contributed by atoms with E-state index in [-0.39, 0.29) is 5.56 Å². The second-order valence-electron chi connectivity index (χ2n) is 7.12. The molecular weight excluding hydrogens is 344 g/mol. The molecule has 0 saturated carbocycles. The third kappa shape index (κ3) is 2.40. The highest BCUT2D eigenvalue weighted by molar-refractivity contribution is 7.17. The summed E-state index contributed by atoms with van der Waals surface area (Å²) in [6.07, 6.45) is 2.10. The van der Waals surface area contributed by atoms with Gasteiger partial charge in [0.1, 0.15) is 5.82 Å². The summed E-state index contributed by atoms with van der Waals surface area (Å²) in [6.45, 7) is 2.15. The largest absolute Gasteiger partial charge is 0.338 e. The van der Waals surface area contributed by atoms with E-state index in [0.29, 0.717) is 11.4 Å². The Morgan fingerprint density at radius 2 is 1.88 bits per heavy atom. The number of rotatable bonds is 1. The van der Waals surface area contributed by atoms with E-state index >= 15 is 0 Å². The van der Waals surface area contributed by atoms with Gasteiger partial charge in [-0.3, -0.25) is 4.79 Å². The lowest BCUT2D eigenvalue weighted by Crippen LogP contribution is -2.20. The molecule has 26 heavy (non-hydrogen) atoms. The van der Waals surface area contributed by atoms with Crippen LogP contribution >= 0.6 is 11.3 Å². The number of imidazole rings is 1. The number of nitrogens with one attached hydrogen (secondary N) is 1. The molecule has 6 heteroatoms. The van der Waals surface area contributed by atoms with E-state index in [2.05, 4.69) is 29.1 Å². The zero-order chi connectivity index (χ0) is 17.8. The van der Waals surface area contributed by atoms with Crippen LogP contribution in [0, 0.1) is 0 Å². The van der Waals surface area contributed by atoms with E-state index in [1.807, 2.05) is 24.6 Å². The van der Waals surface area contributed by atoms with Gasteiger partial charge >= 0.3 is 0 Å². The lowest BCUT2D eigenvalue weighted by Gasteiger charge is -2.10. The maximum atomic E-state index is 12.8. The predicted molar refractivity (Wildman–Crippen MR) is 107 cm³/mol. The van der Waals surface area contributed by atoms with Gasteiger partial charge in [-0.1, -0.05) is 0 Å². The van der Waals surface area contributed by atoms with Crippen molar-refractivity contribution in [3.05, 3.63) is 51.1 Å². The summed E-state index contributed by atoms with van der Waals surface area (Å²) in [5.41, 5.74) is 6.30. The van der Waals surface area contributed by atoms with Gasteiger partial charge in [0.25, 0.3) is 5.56 Å². The topological polar surface area (TPSA) is 53.9 Å². The Kier molecular flexibility index (Phi) is 3.52. The van der Waals surface area contributed by atoms with E-state index in [4.69, 9.17) is 4.98 Å². The van der Waals surface area contributed by atoms with Crippen molar-refractivity contribution in [3.8, 4) is 11.4 Å². The number of aromatic nitrogens is 3. The van der Waals surface area contributed by atoms with Crippen molar-refractivity contribution >= 4 is 32.6 Å². The molecule has 132 valence electrons. The Bertz CT molecular complexity index is 1150. The minimum atomic E-state index is -0.0156. The molecular formula is C20H20N4OS. The smallest absolute Gasteiger partial charge is 0.261 e. The van der Waals surface area contributed by atoms with Crippen molar-refractivity contribution in [2.75, 3.05) is 20.1 Å². The van der Waals surface area contributed by atoms with E-state index in [9.17, 15) is 4.79 Å². The lowest BCUT2D eigenvalue weighted by atomic mass is 10.0. The zero-order valence-electron chi connectivity index (χ0n) is 14.9. The van der Waals surface area contributed by atoms with E-state index < -0.39 is 0 Å². The fraction of sp³-hybridized carbons (Fsp3) is 0.300. The maximum Gasteiger partial charge on any atom is 0.261 e. The first-order chi connectivity index (χ1) is 12.6. The number of thiophene rings is 1. The van der Waals surface area contributed by atoms with Crippen LogP contribution in [0.3, 0.4) is 0 Å². The van der Waals surface area contributed by atoms with Crippen LogP contribution < -0.4 is 5.56 Å². The molecule has 1 N–H and O–H groups in total. The van der Waals surface area contributed by atoms with Crippen molar-refractivity contribution in [3.63, 3.8) is 0 Å². The van der Waals surface area contributed by atoms with Crippen LogP contribution in [0.2, 0.25) is 0 Å². The van der Waals surface area contributed by atoms with Gasteiger partial charge in [0.15, 0.2) is 0 Å². The van der Waals surface area contributed by atoms with Gasteiger partial charge in [0, 0.05) is 20.1 Å². The van der Waals surface area contributed by atoms with E-state index in [1.165, 1.54) is 11.1 Å². The van der Waals surface area contributed by atoms with Crippen molar-refractivity contribution in [1.29, 1.82) is 0 Å². The highest BCUT2D eigenvalue weighted by Gasteiger charge is 2.16. The van der Waals surface area contributed by atoms with Crippen LogP contribution in [-0.4, -0.2) is 39.6 Å². The van der Waals surface area contributed by atoms with Gasteiger partial charge in [-0.05, 0) is 60.7 Å². The van der Waals surface area contributed by atoms with Gasteiger partial charge in [-0.2, -0.15) is 0 Å². The summed E-state index contributed by atoms with van der Waals surface area (Å²) in [5, 5.41) is 2.01. The Hall–Kier alpha value is -2.44. The highest BCUT2D eigenvalue weighted by atomic mass is 32.1. The molecule has 5 rings (SSSR count). The minimum Gasteiger partial charge on any atom is -0.338 e. The normalized spacial score (nSPS) is 15.5. The van der Waals surface area contributed by atoms with Crippen molar-refractivity contribution < 1.29 is 0 Å². The van der Waals surface area contributed by atoms with Crippen molar-refractivity contribution in [2.45, 2.75) is 12.8 Å². The van der Waals surface area contributed by atoms with Crippen LogP contribution in [0.1, 0.15) is 11.1 Å². The van der Waals surface area contributed by atoms with Crippen LogP contribution in [0.5, 0.6) is 0 Å². The first-order valence-electron chi connectivity index (χ1n) is 8.88. The highest BCUT2D eigenvalue weighted by Crippen LogP contribution is 2.27. The minimum absolute atomic E-state index is 0.0156. The molecule has 0 radical (unpaired) electrons. The summed E-state index contributed by atoms with van der Waals surface area (Å²) < 4.78 is 2.81. The summed E-state index contributed by atoms with van der Waals surface area (Å²) >= 11 is 1.64. The van der Waals surface area contributed by atoms with Crippen LogP contribution in [0.15, 0.2) is 34.4 Å². The molecule has 0 amide bonds. The standard InChI is InChI=1S/C20H20N4OS/c1-23-6-3-12-9-15-16(10-13(12)4-7-23)22-19(21-15)14-11-18-17(5-8-26-18)24(2)20(14)25/h5,8-11H,3-4,6-7H2,1-2H3,(H,21,22). The molecule has 1 aliphatic heterocycles. The molecule has 0 saturated heterocycles. The van der Waals surface area contributed by atoms with Crippen LogP contribution in [-0.2, 0) is 19.9 Å². The molecule has 0 bridgehead atoms. The monoisotopic (exact) mass is 364 g/mol. The molecule has 0 atom stereocenters. The van der Waals surface area contributed by atoms with Crippen molar-refractivity contribution in [2.24, 2.45) is 7.05 Å². The maximum absolute atomic E-state index is 12.8. The molecule has 4 heterocycles. The predicted octanol–water partition coefficient (Wildman–Crippen LogP) is 3.17. The molecule has 5 nitrogen and oxygen atoms in total. The fourth-order valence-electron chi connectivity index (χ4n) is 3.82. The molecule has 4 aromatic rings. The molecule has 0 spiro atoms. The van der Waals surface area contributed by atoms with E-state index in [1.54, 1.807) is 15.9 Å². The van der Waals surface area contributed by atoms with Crippen LogP contribution in [0.25, 0.3) is 32.6 Å². The van der Waals surface area contributed by atoms with Gasteiger partial charge in [-0.15, -0.1) is 11.3 Å². The second-order valence-corrected chi connectivity index (χ2v) is 8.07. The van der Waals surface area contributed by atoms with Gasteiger partial charge < -0.3 is 14.5 Å². The summed E-state index contributed by atoms with van der Waals surface area (Å²) in [4.78, 5) is 23.3. The molecule has 0 unspecified atom stereocenters. The summed E-state index contributed by atoms with van der Waals surface area (Å²) in [7, 11) is 3.99. The molecule has 1 aliphatic rings. The Balaban J connectivity index is 1.67. The van der Waals surface area contributed by atoms with Crippen LogP contribution in [0.4, 0.5) is 0 Å². The van der Waals surface area contributed by atoms with E-state index in [0.717, 1.165) is 47.2 Å². The number of likely N-dealkylation sites (N-methyl/N-ethyl adjacent to an activating group) is 1. The average molecular weight is 364 g/mol. The molecule has 0 aliphatic carbocycles. The first kappa shape index (κ1) is 15.8. The lowest BCUT2D eigenvalue weighted by molar-refractivity contribution is 0.352. The quantitative estimate of drug-likeness (QED) is 0.564. The Labute approximate surface area is 154 Å². The Morgan fingerprint density at radius 1 is 1.12 bits per heavy atom. The SMILES string of the molecule is CN1CCc2cc3nc(-c4cc5sccc5n(C)c4=O)[nH]c3cc2CC1. The zero-order valence-corrected chi connectivity index (χ0v) is 15.7. The molecule has 3 aromatic heterocycles. The van der Waals surface area contributed by atoms with Gasteiger partial charge in [-0.25, -0.2) is 4.98 Å². The van der Waals surface area contributed by atoms with Crippen molar-refractivity contribution in [1.82, 2.24) is 19.4 Å². The number of H-pyrrole nitrogens is 1. The number of pyridine rings is 1. The van der Waals surface area contributed by atoms with Gasteiger partial charge in [0.2, 0.25) is 0 Å². The summed E-state index contributed by atoms with van der Waals surface area (Å²) in [5.74, 6) is 0.660. The number of benzene rings is 1. The summed E-state index contributed by atoms with van der Waals surface area (Å²) in [6, 6.07) is 8.35. The number of aromatic amines is 1. The first-order valence-corrected chi connectivity index (χ1v) is 9.76. The number of nitrogens with zero attached hydrogens (tertiary/aromatic N) is 3. The number of fused-ring (bicyclic) bond motifs is 3. The Morgan fingerprint density at radius 3 is 2.69 bits per heavy atom. The molecule has 0 fully saturated rings. The number of hydrogen-bond acceptors (Lipinski definition) is 4. The molecule has 1 aromatic carbocycles. The fourth-order valence-corrected chi connectivity index (χ4v) is 4.68.